The summed E-state index contributed by atoms with van der Waals surface area (Å²) >= 11 is 0. The normalized spacial score (nSPS) is 14.2. The highest BCUT2D eigenvalue weighted by Gasteiger charge is 2.21. The Morgan fingerprint density at radius 3 is 2.59 bits per heavy atom. The van der Waals surface area contributed by atoms with Gasteiger partial charge in [0.05, 0.1) is 31.6 Å². The first-order valence-corrected chi connectivity index (χ1v) is 12.7. The number of aromatic nitrogens is 7. The van der Waals surface area contributed by atoms with Gasteiger partial charge in [0, 0.05) is 44.5 Å². The first-order valence-electron chi connectivity index (χ1n) is 12.7. The van der Waals surface area contributed by atoms with E-state index in [-0.39, 0.29) is 29.7 Å². The second-order valence-electron chi connectivity index (χ2n) is 9.64. The molecule has 1 saturated heterocycles. The highest BCUT2D eigenvalue weighted by atomic mass is 16.5. The van der Waals surface area contributed by atoms with Gasteiger partial charge in [0.2, 0.25) is 5.95 Å². The van der Waals surface area contributed by atoms with Crippen molar-refractivity contribution < 1.29 is 4.74 Å². The van der Waals surface area contributed by atoms with E-state index in [1.165, 1.54) is 21.6 Å². The van der Waals surface area contributed by atoms with Crippen molar-refractivity contribution in [3.8, 4) is 11.6 Å². The van der Waals surface area contributed by atoms with Crippen LogP contribution in [0.5, 0.6) is 5.75 Å². The van der Waals surface area contributed by atoms with E-state index in [9.17, 15) is 9.59 Å². The van der Waals surface area contributed by atoms with Crippen molar-refractivity contribution in [2.75, 3.05) is 50.6 Å². The summed E-state index contributed by atoms with van der Waals surface area (Å²) < 4.78 is 10.1. The van der Waals surface area contributed by atoms with Crippen LogP contribution in [0.3, 0.4) is 0 Å². The average molecular weight is 533 g/mol. The van der Waals surface area contributed by atoms with Crippen LogP contribution in [0.1, 0.15) is 19.9 Å². The molecule has 0 spiro atoms. The Labute approximate surface area is 225 Å². The monoisotopic (exact) mass is 532 g/mol. The SMILES string of the molecule is C=CCn1c(=O)c2cnc(Nc3cc(OC)c(N4CCN(C)CC4)cn3)nc2n1-c1ccc(=O)n(C(C)C)n1. The number of ether oxygens (including phenoxy) is 1. The third kappa shape index (κ3) is 5.00. The molecular weight excluding hydrogens is 500 g/mol. The van der Waals surface area contributed by atoms with Crippen LogP contribution in [-0.2, 0) is 6.54 Å². The molecule has 4 aromatic rings. The summed E-state index contributed by atoms with van der Waals surface area (Å²) in [7, 11) is 3.74. The van der Waals surface area contributed by atoms with Crippen molar-refractivity contribution in [1.29, 1.82) is 0 Å². The summed E-state index contributed by atoms with van der Waals surface area (Å²) in [5, 5.41) is 7.93. The van der Waals surface area contributed by atoms with E-state index in [0.717, 1.165) is 31.9 Å². The summed E-state index contributed by atoms with van der Waals surface area (Å²) in [4.78, 5) is 43.7. The summed E-state index contributed by atoms with van der Waals surface area (Å²) in [6, 6.07) is 4.63. The van der Waals surface area contributed by atoms with E-state index in [4.69, 9.17) is 4.74 Å². The number of nitrogens with zero attached hydrogens (tertiary/aromatic N) is 9. The molecule has 13 heteroatoms. The van der Waals surface area contributed by atoms with E-state index < -0.39 is 0 Å². The zero-order chi connectivity index (χ0) is 27.7. The predicted molar refractivity (Wildman–Crippen MR) is 150 cm³/mol. The molecule has 1 aliphatic rings. The summed E-state index contributed by atoms with van der Waals surface area (Å²) in [6.45, 7) is 11.4. The fraction of sp³-hybridized carbons (Fsp3) is 0.385. The van der Waals surface area contributed by atoms with Gasteiger partial charge in [-0.15, -0.1) is 11.7 Å². The van der Waals surface area contributed by atoms with Crippen LogP contribution < -0.4 is 26.1 Å². The molecule has 0 amide bonds. The number of rotatable bonds is 8. The number of hydrogen-bond donors (Lipinski definition) is 1. The van der Waals surface area contributed by atoms with Crippen molar-refractivity contribution in [2.45, 2.75) is 26.4 Å². The molecule has 5 rings (SSSR count). The molecule has 0 unspecified atom stereocenters. The van der Waals surface area contributed by atoms with Gasteiger partial charge in [0.1, 0.15) is 17.0 Å². The standard InChI is InChI=1S/C26H32N10O3/c1-6-9-34-25(38)18-15-28-26(30-24(18)36(34)22-7-8-23(37)35(31-22)17(2)3)29-21-14-20(39-5)19(16-27-21)33-12-10-32(4)11-13-33/h6-8,14-17H,1,9-13H2,2-5H3,(H,27,28,29,30). The molecule has 0 radical (unpaired) electrons. The number of pyridine rings is 1. The van der Waals surface area contributed by atoms with Crippen LogP contribution in [-0.4, -0.2) is 79.3 Å². The van der Waals surface area contributed by atoms with E-state index in [1.54, 1.807) is 36.2 Å². The number of hydrogen-bond acceptors (Lipinski definition) is 10. The van der Waals surface area contributed by atoms with Gasteiger partial charge in [-0.3, -0.25) is 9.59 Å². The van der Waals surface area contributed by atoms with Gasteiger partial charge in [-0.2, -0.15) is 4.98 Å². The molecule has 4 aromatic heterocycles. The Balaban J connectivity index is 1.54. The second-order valence-corrected chi connectivity index (χ2v) is 9.64. The molecule has 39 heavy (non-hydrogen) atoms. The molecule has 0 bridgehead atoms. The van der Waals surface area contributed by atoms with Crippen molar-refractivity contribution in [3.05, 3.63) is 64.0 Å². The quantitative estimate of drug-likeness (QED) is 0.336. The molecule has 1 aliphatic heterocycles. The number of piperazine rings is 1. The maximum Gasteiger partial charge on any atom is 0.278 e. The minimum Gasteiger partial charge on any atom is -0.494 e. The van der Waals surface area contributed by atoms with Gasteiger partial charge in [0.15, 0.2) is 11.5 Å². The molecule has 1 fully saturated rings. The van der Waals surface area contributed by atoms with E-state index in [2.05, 4.69) is 48.8 Å². The lowest BCUT2D eigenvalue weighted by atomic mass is 10.2. The summed E-state index contributed by atoms with van der Waals surface area (Å²) in [5.41, 5.74) is 0.729. The highest BCUT2D eigenvalue weighted by Crippen LogP contribution is 2.31. The molecule has 0 aromatic carbocycles. The van der Waals surface area contributed by atoms with Crippen molar-refractivity contribution >= 4 is 28.5 Å². The van der Waals surface area contributed by atoms with Crippen LogP contribution in [0.15, 0.2) is 52.8 Å². The van der Waals surface area contributed by atoms with Gasteiger partial charge in [-0.25, -0.2) is 24.0 Å². The minimum absolute atomic E-state index is 0.166. The maximum absolute atomic E-state index is 13.2. The fourth-order valence-corrected chi connectivity index (χ4v) is 4.57. The van der Waals surface area contributed by atoms with Crippen LogP contribution >= 0.6 is 0 Å². The van der Waals surface area contributed by atoms with Crippen molar-refractivity contribution in [3.63, 3.8) is 0 Å². The third-order valence-electron chi connectivity index (χ3n) is 6.64. The van der Waals surface area contributed by atoms with Crippen LogP contribution in [0, 0.1) is 0 Å². The van der Waals surface area contributed by atoms with Crippen molar-refractivity contribution in [1.82, 2.24) is 39.0 Å². The number of likely N-dealkylation sites (N-methyl/N-ethyl adjacent to an activating group) is 1. The van der Waals surface area contributed by atoms with E-state index >= 15 is 0 Å². The van der Waals surface area contributed by atoms with Gasteiger partial charge in [-0.05, 0) is 27.0 Å². The molecule has 0 atom stereocenters. The topological polar surface area (TPSA) is 128 Å². The van der Waals surface area contributed by atoms with Gasteiger partial charge >= 0.3 is 0 Å². The first kappa shape index (κ1) is 26.1. The smallest absolute Gasteiger partial charge is 0.278 e. The predicted octanol–water partition coefficient (Wildman–Crippen LogP) is 1.80. The molecule has 0 saturated carbocycles. The number of fused-ring (bicyclic) bond motifs is 1. The van der Waals surface area contributed by atoms with E-state index in [0.29, 0.717) is 28.4 Å². The Morgan fingerprint density at radius 1 is 1.13 bits per heavy atom. The lowest BCUT2D eigenvalue weighted by molar-refractivity contribution is 0.311. The van der Waals surface area contributed by atoms with Crippen LogP contribution in [0.2, 0.25) is 0 Å². The molecule has 204 valence electrons. The van der Waals surface area contributed by atoms with E-state index in [1.807, 2.05) is 13.8 Å². The zero-order valence-electron chi connectivity index (χ0n) is 22.5. The largest absolute Gasteiger partial charge is 0.494 e. The second kappa shape index (κ2) is 10.7. The average Bonchev–Trinajstić information content (AvgIpc) is 3.20. The Bertz CT molecular complexity index is 1630. The zero-order valence-corrected chi connectivity index (χ0v) is 22.5. The van der Waals surface area contributed by atoms with Crippen LogP contribution in [0.4, 0.5) is 17.5 Å². The summed E-state index contributed by atoms with van der Waals surface area (Å²) in [5.74, 6) is 1.80. The maximum atomic E-state index is 13.2. The van der Waals surface area contributed by atoms with Gasteiger partial charge < -0.3 is 19.9 Å². The first-order chi connectivity index (χ1) is 18.8. The Hall–Kier alpha value is -4.52. The number of allylic oxidation sites excluding steroid dienone is 1. The Kier molecular flexibility index (Phi) is 7.15. The molecule has 13 nitrogen and oxygen atoms in total. The Morgan fingerprint density at radius 2 is 1.90 bits per heavy atom. The van der Waals surface area contributed by atoms with Gasteiger partial charge in [0.25, 0.3) is 11.1 Å². The van der Waals surface area contributed by atoms with Crippen LogP contribution in [0.25, 0.3) is 16.9 Å². The third-order valence-corrected chi connectivity index (χ3v) is 6.64. The molecule has 1 N–H and O–H groups in total. The molecular formula is C26H32N10O3. The fourth-order valence-electron chi connectivity index (χ4n) is 4.57. The number of nitrogens with one attached hydrogen (secondary N) is 1. The molecule has 5 heterocycles. The minimum atomic E-state index is -0.295. The van der Waals surface area contributed by atoms with Crippen molar-refractivity contribution in [2.24, 2.45) is 0 Å². The highest BCUT2D eigenvalue weighted by molar-refractivity contribution is 5.77. The number of anilines is 3. The van der Waals surface area contributed by atoms with Gasteiger partial charge in [-0.1, -0.05) is 6.08 Å². The molecule has 0 aliphatic carbocycles. The number of methoxy groups -OCH3 is 1. The summed E-state index contributed by atoms with van der Waals surface area (Å²) in [6.07, 6.45) is 4.86. The lowest BCUT2D eigenvalue weighted by Gasteiger charge is -2.34. The lowest BCUT2D eigenvalue weighted by Crippen LogP contribution is -2.44.